The van der Waals surface area contributed by atoms with Crippen molar-refractivity contribution in [1.29, 1.82) is 0 Å². The second kappa shape index (κ2) is 5.74. The molecule has 0 radical (unpaired) electrons. The Kier molecular flexibility index (Phi) is 4.04. The molecular formula is C17H22F2N2O2. The van der Waals surface area contributed by atoms with Crippen molar-refractivity contribution in [2.24, 2.45) is 11.8 Å². The molecule has 1 aliphatic heterocycles. The molecule has 2 unspecified atom stereocenters. The lowest BCUT2D eigenvalue weighted by Crippen LogP contribution is -2.39. The molecular weight excluding hydrogens is 302 g/mol. The molecule has 1 amide bonds. The fourth-order valence-corrected chi connectivity index (χ4v) is 3.20. The van der Waals surface area contributed by atoms with E-state index in [1.807, 2.05) is 20.8 Å². The van der Waals surface area contributed by atoms with Crippen LogP contribution in [0.5, 0.6) is 0 Å². The lowest BCUT2D eigenvalue weighted by molar-refractivity contribution is 0.0269. The van der Waals surface area contributed by atoms with Gasteiger partial charge in [-0.1, -0.05) is 6.07 Å². The zero-order valence-corrected chi connectivity index (χ0v) is 13.6. The summed E-state index contributed by atoms with van der Waals surface area (Å²) in [5, 5.41) is 3.30. The summed E-state index contributed by atoms with van der Waals surface area (Å²) in [6.45, 7) is 7.26. The van der Waals surface area contributed by atoms with Gasteiger partial charge in [0.25, 0.3) is 0 Å². The summed E-state index contributed by atoms with van der Waals surface area (Å²) in [5.74, 6) is -0.307. The zero-order chi connectivity index (χ0) is 16.8. The van der Waals surface area contributed by atoms with Gasteiger partial charge in [-0.3, -0.25) is 0 Å². The minimum absolute atomic E-state index is 0.270. The highest BCUT2D eigenvalue weighted by molar-refractivity contribution is 5.69. The first kappa shape index (κ1) is 16.2. The van der Waals surface area contributed by atoms with Crippen LogP contribution in [0.15, 0.2) is 18.2 Å². The third-order valence-electron chi connectivity index (χ3n) is 4.39. The maximum absolute atomic E-state index is 13.6. The summed E-state index contributed by atoms with van der Waals surface area (Å²) in [6.07, 6.45) is -0.270. The van der Waals surface area contributed by atoms with Gasteiger partial charge in [0.05, 0.1) is 0 Å². The van der Waals surface area contributed by atoms with Gasteiger partial charge in [-0.25, -0.2) is 13.6 Å². The monoisotopic (exact) mass is 324 g/mol. The zero-order valence-electron chi connectivity index (χ0n) is 13.6. The molecule has 6 heteroatoms. The molecule has 23 heavy (non-hydrogen) atoms. The highest BCUT2D eigenvalue weighted by Crippen LogP contribution is 2.45. The highest BCUT2D eigenvalue weighted by Gasteiger charge is 2.56. The fourth-order valence-electron chi connectivity index (χ4n) is 3.20. The molecule has 1 N–H and O–H groups in total. The Labute approximate surface area is 134 Å². The van der Waals surface area contributed by atoms with E-state index in [0.717, 1.165) is 6.07 Å². The summed E-state index contributed by atoms with van der Waals surface area (Å²) >= 11 is 0. The third-order valence-corrected chi connectivity index (χ3v) is 4.39. The molecule has 0 spiro atoms. The summed E-state index contributed by atoms with van der Waals surface area (Å²) in [6, 6.07) is 3.91. The van der Waals surface area contributed by atoms with Crippen LogP contribution in [0.1, 0.15) is 26.3 Å². The maximum atomic E-state index is 13.6. The molecule has 2 aliphatic rings. The van der Waals surface area contributed by atoms with Crippen molar-refractivity contribution in [2.45, 2.75) is 39.0 Å². The Balaban J connectivity index is 1.46. The summed E-state index contributed by atoms with van der Waals surface area (Å²) in [7, 11) is 0. The molecule has 1 aromatic rings. The van der Waals surface area contributed by atoms with E-state index in [1.165, 1.54) is 12.1 Å². The Morgan fingerprint density at radius 3 is 2.52 bits per heavy atom. The molecule has 1 heterocycles. The van der Waals surface area contributed by atoms with E-state index in [-0.39, 0.29) is 12.1 Å². The molecule has 1 aliphatic carbocycles. The highest BCUT2D eigenvalue weighted by atomic mass is 19.1. The standard InChI is InChI=1S/C17H22F2N2O2/c1-17(2,3)23-16(22)21-8-12-13(9-21)15(12)20-7-10-4-5-11(18)6-14(10)19/h4-6,12-13,15,20H,7-9H2,1-3H3. The lowest BCUT2D eigenvalue weighted by Gasteiger charge is -2.26. The van der Waals surface area contributed by atoms with Gasteiger partial charge in [-0.2, -0.15) is 0 Å². The Bertz CT molecular complexity index is 603. The number of ether oxygens (including phenoxy) is 1. The van der Waals surface area contributed by atoms with E-state index in [1.54, 1.807) is 4.90 Å². The number of carbonyl (C=O) groups is 1. The normalized spacial score (nSPS) is 26.1. The predicted molar refractivity (Wildman–Crippen MR) is 81.8 cm³/mol. The number of nitrogens with zero attached hydrogens (tertiary/aromatic N) is 1. The van der Waals surface area contributed by atoms with Crippen molar-refractivity contribution in [3.63, 3.8) is 0 Å². The number of likely N-dealkylation sites (tertiary alicyclic amines) is 1. The van der Waals surface area contributed by atoms with Gasteiger partial charge in [0.2, 0.25) is 0 Å². The summed E-state index contributed by atoms with van der Waals surface area (Å²) < 4.78 is 31.8. The average Bonchev–Trinajstić information content (AvgIpc) is 2.88. The molecule has 126 valence electrons. The fraction of sp³-hybridized carbons (Fsp3) is 0.588. The van der Waals surface area contributed by atoms with E-state index in [4.69, 9.17) is 4.74 Å². The van der Waals surface area contributed by atoms with Crippen LogP contribution in [0.2, 0.25) is 0 Å². The van der Waals surface area contributed by atoms with Crippen molar-refractivity contribution < 1.29 is 18.3 Å². The molecule has 1 saturated heterocycles. The largest absolute Gasteiger partial charge is 0.444 e. The van der Waals surface area contributed by atoms with Crippen LogP contribution >= 0.6 is 0 Å². The van der Waals surface area contributed by atoms with Crippen molar-refractivity contribution in [1.82, 2.24) is 10.2 Å². The molecule has 3 rings (SSSR count). The quantitative estimate of drug-likeness (QED) is 0.929. The number of benzene rings is 1. The van der Waals surface area contributed by atoms with Crippen molar-refractivity contribution in [3.8, 4) is 0 Å². The van der Waals surface area contributed by atoms with Crippen LogP contribution in [0.4, 0.5) is 13.6 Å². The number of halogens is 2. The number of hydrogen-bond acceptors (Lipinski definition) is 3. The first-order valence-corrected chi connectivity index (χ1v) is 7.90. The first-order chi connectivity index (χ1) is 10.7. The van der Waals surface area contributed by atoms with Crippen molar-refractivity contribution >= 4 is 6.09 Å². The van der Waals surface area contributed by atoms with E-state index in [9.17, 15) is 13.6 Å². The van der Waals surface area contributed by atoms with Gasteiger partial charge < -0.3 is 15.0 Å². The first-order valence-electron chi connectivity index (χ1n) is 7.90. The molecule has 1 saturated carbocycles. The van der Waals surface area contributed by atoms with Gasteiger partial charge in [-0.15, -0.1) is 0 Å². The molecule has 0 aromatic heterocycles. The van der Waals surface area contributed by atoms with Gasteiger partial charge >= 0.3 is 6.09 Å². The average molecular weight is 324 g/mol. The summed E-state index contributed by atoms with van der Waals surface area (Å²) in [4.78, 5) is 13.7. The van der Waals surface area contributed by atoms with Gasteiger partial charge in [-0.05, 0) is 38.7 Å². The number of carbonyl (C=O) groups excluding carboxylic acids is 1. The van der Waals surface area contributed by atoms with E-state index < -0.39 is 17.2 Å². The third kappa shape index (κ3) is 3.63. The van der Waals surface area contributed by atoms with Crippen LogP contribution in [0, 0.1) is 23.5 Å². The van der Waals surface area contributed by atoms with Crippen LogP contribution in [-0.2, 0) is 11.3 Å². The topological polar surface area (TPSA) is 41.6 Å². The van der Waals surface area contributed by atoms with E-state index in [0.29, 0.717) is 37.0 Å². The molecule has 2 atom stereocenters. The van der Waals surface area contributed by atoms with E-state index in [2.05, 4.69) is 5.32 Å². The summed E-state index contributed by atoms with van der Waals surface area (Å²) in [5.41, 5.74) is -0.0258. The number of piperidine rings is 1. The molecule has 4 nitrogen and oxygen atoms in total. The second-order valence-corrected chi connectivity index (χ2v) is 7.36. The number of fused-ring (bicyclic) bond motifs is 1. The smallest absolute Gasteiger partial charge is 0.410 e. The predicted octanol–water partition coefficient (Wildman–Crippen LogP) is 2.92. The van der Waals surface area contributed by atoms with Crippen LogP contribution in [0.3, 0.4) is 0 Å². The minimum atomic E-state index is -0.567. The number of hydrogen-bond donors (Lipinski definition) is 1. The SMILES string of the molecule is CC(C)(C)OC(=O)N1CC2C(C1)C2NCc1ccc(F)cc1F. The Morgan fingerprint density at radius 2 is 1.96 bits per heavy atom. The number of nitrogens with one attached hydrogen (secondary N) is 1. The molecule has 1 aromatic carbocycles. The van der Waals surface area contributed by atoms with Crippen LogP contribution < -0.4 is 5.32 Å². The van der Waals surface area contributed by atoms with Gasteiger partial charge in [0, 0.05) is 37.3 Å². The van der Waals surface area contributed by atoms with Gasteiger partial charge in [0.15, 0.2) is 0 Å². The van der Waals surface area contributed by atoms with Crippen LogP contribution in [0.25, 0.3) is 0 Å². The van der Waals surface area contributed by atoms with Crippen LogP contribution in [-0.4, -0.2) is 35.7 Å². The van der Waals surface area contributed by atoms with E-state index >= 15 is 0 Å². The van der Waals surface area contributed by atoms with Crippen molar-refractivity contribution in [3.05, 3.63) is 35.4 Å². The Hall–Kier alpha value is -1.69. The maximum Gasteiger partial charge on any atom is 0.410 e. The molecule has 2 fully saturated rings. The second-order valence-electron chi connectivity index (χ2n) is 7.36. The van der Waals surface area contributed by atoms with Gasteiger partial charge in [0.1, 0.15) is 17.2 Å². The number of amides is 1. The Morgan fingerprint density at radius 1 is 1.30 bits per heavy atom. The lowest BCUT2D eigenvalue weighted by atomic mass is 10.2. The van der Waals surface area contributed by atoms with Crippen molar-refractivity contribution in [2.75, 3.05) is 13.1 Å². The minimum Gasteiger partial charge on any atom is -0.444 e. The molecule has 0 bridgehead atoms. The number of rotatable bonds is 3.